The molecule has 6 nitrogen and oxygen atoms in total. The van der Waals surface area contributed by atoms with Crippen LogP contribution in [0.15, 0.2) is 36.4 Å². The van der Waals surface area contributed by atoms with E-state index in [4.69, 9.17) is 27.9 Å². The second-order valence-corrected chi connectivity index (χ2v) is 6.49. The Morgan fingerprint density at radius 2 is 1.81 bits per heavy atom. The van der Waals surface area contributed by atoms with Crippen LogP contribution in [0.2, 0.25) is 10.0 Å². The van der Waals surface area contributed by atoms with E-state index in [2.05, 4.69) is 10.1 Å². The summed E-state index contributed by atoms with van der Waals surface area (Å²) in [6, 6.07) is 9.51. The van der Waals surface area contributed by atoms with Gasteiger partial charge in [-0.1, -0.05) is 35.3 Å². The molecule has 0 aliphatic carbocycles. The number of methoxy groups -OCH3 is 1. The number of anilines is 1. The van der Waals surface area contributed by atoms with E-state index in [0.29, 0.717) is 26.9 Å². The molecule has 0 aromatic heterocycles. The van der Waals surface area contributed by atoms with Gasteiger partial charge in [-0.2, -0.15) is 0 Å². The lowest BCUT2D eigenvalue weighted by atomic mass is 10.1. The first kappa shape index (κ1) is 20.7. The number of amides is 1. The number of halogens is 2. The maximum absolute atomic E-state index is 12.0. The first-order valence-electron chi connectivity index (χ1n) is 7.88. The fourth-order valence-electron chi connectivity index (χ4n) is 2.21. The van der Waals surface area contributed by atoms with Gasteiger partial charge in [-0.15, -0.1) is 0 Å². The molecule has 8 heteroatoms. The van der Waals surface area contributed by atoms with Crippen LogP contribution in [-0.4, -0.2) is 31.6 Å². The van der Waals surface area contributed by atoms with Crippen LogP contribution >= 0.6 is 23.2 Å². The fraction of sp³-hybridized carbons (Fsp3) is 0.211. The van der Waals surface area contributed by atoms with Crippen molar-refractivity contribution in [1.82, 2.24) is 0 Å². The summed E-state index contributed by atoms with van der Waals surface area (Å²) >= 11 is 11.8. The highest BCUT2D eigenvalue weighted by atomic mass is 35.5. The third-order valence-corrected chi connectivity index (χ3v) is 4.23. The van der Waals surface area contributed by atoms with Crippen LogP contribution in [0, 0.1) is 6.92 Å². The third-order valence-electron chi connectivity index (χ3n) is 3.65. The summed E-state index contributed by atoms with van der Waals surface area (Å²) in [4.78, 5) is 35.5. The number of benzene rings is 2. The second kappa shape index (κ2) is 9.39. The largest absolute Gasteiger partial charge is 0.465 e. The summed E-state index contributed by atoms with van der Waals surface area (Å²) in [5.41, 5.74) is 2.02. The highest BCUT2D eigenvalue weighted by molar-refractivity contribution is 6.35. The molecule has 0 aliphatic rings. The summed E-state index contributed by atoms with van der Waals surface area (Å²) in [6.07, 6.45) is -0.0832. The van der Waals surface area contributed by atoms with E-state index in [9.17, 15) is 14.4 Å². The third kappa shape index (κ3) is 5.98. The molecule has 0 fully saturated rings. The van der Waals surface area contributed by atoms with Gasteiger partial charge in [0, 0.05) is 15.7 Å². The number of rotatable bonds is 6. The zero-order valence-corrected chi connectivity index (χ0v) is 16.2. The zero-order chi connectivity index (χ0) is 20.0. The topological polar surface area (TPSA) is 81.7 Å². The number of nitrogens with one attached hydrogen (secondary N) is 1. The van der Waals surface area contributed by atoms with Crippen molar-refractivity contribution in [2.75, 3.05) is 19.0 Å². The standard InChI is InChI=1S/C19H17Cl2NO5/c1-11-3-4-13(19(25)26-2)7-16(11)22-17(23)10-27-18(24)8-12-5-6-14(20)9-15(12)21/h3-7,9H,8,10H2,1-2H3,(H,22,23). The number of esters is 2. The van der Waals surface area contributed by atoms with Crippen LogP contribution in [0.1, 0.15) is 21.5 Å². The number of aryl methyl sites for hydroxylation is 1. The van der Waals surface area contributed by atoms with Crippen molar-refractivity contribution < 1.29 is 23.9 Å². The van der Waals surface area contributed by atoms with Crippen LogP contribution in [0.4, 0.5) is 5.69 Å². The molecule has 2 aromatic carbocycles. The van der Waals surface area contributed by atoms with E-state index in [0.717, 1.165) is 5.56 Å². The molecule has 0 saturated carbocycles. The molecule has 2 rings (SSSR count). The Bertz CT molecular complexity index is 882. The van der Waals surface area contributed by atoms with Gasteiger partial charge >= 0.3 is 11.9 Å². The molecule has 0 unspecified atom stereocenters. The summed E-state index contributed by atoms with van der Waals surface area (Å²) in [6.45, 7) is 1.30. The Balaban J connectivity index is 1.92. The predicted molar refractivity (Wildman–Crippen MR) is 102 cm³/mol. The highest BCUT2D eigenvalue weighted by Crippen LogP contribution is 2.21. The molecule has 0 spiro atoms. The lowest BCUT2D eigenvalue weighted by Gasteiger charge is -2.11. The lowest BCUT2D eigenvalue weighted by Crippen LogP contribution is -2.22. The minimum Gasteiger partial charge on any atom is -0.465 e. The van der Waals surface area contributed by atoms with Crippen molar-refractivity contribution in [2.24, 2.45) is 0 Å². The SMILES string of the molecule is COC(=O)c1ccc(C)c(NC(=O)COC(=O)Cc2ccc(Cl)cc2Cl)c1. The van der Waals surface area contributed by atoms with E-state index in [1.807, 2.05) is 0 Å². The minimum absolute atomic E-state index is 0.0832. The molecule has 0 aliphatic heterocycles. The molecule has 0 heterocycles. The van der Waals surface area contributed by atoms with Crippen LogP contribution in [-0.2, 0) is 25.5 Å². The number of hydrogen-bond donors (Lipinski definition) is 1. The van der Waals surface area contributed by atoms with Gasteiger partial charge in [0.15, 0.2) is 6.61 Å². The maximum Gasteiger partial charge on any atom is 0.337 e. The smallest absolute Gasteiger partial charge is 0.337 e. The lowest BCUT2D eigenvalue weighted by molar-refractivity contribution is -0.146. The molecule has 0 saturated heterocycles. The molecule has 0 radical (unpaired) electrons. The van der Waals surface area contributed by atoms with E-state index in [1.54, 1.807) is 31.2 Å². The van der Waals surface area contributed by atoms with Crippen molar-refractivity contribution in [2.45, 2.75) is 13.3 Å². The van der Waals surface area contributed by atoms with Gasteiger partial charge in [-0.25, -0.2) is 4.79 Å². The number of carbonyl (C=O) groups is 3. The molecule has 0 bridgehead atoms. The Labute approximate surface area is 166 Å². The van der Waals surface area contributed by atoms with Crippen LogP contribution < -0.4 is 5.32 Å². The first-order chi connectivity index (χ1) is 12.8. The normalized spacial score (nSPS) is 10.2. The van der Waals surface area contributed by atoms with Crippen LogP contribution in [0.5, 0.6) is 0 Å². The molecular formula is C19H17Cl2NO5. The maximum atomic E-state index is 12.0. The average Bonchev–Trinajstić information content (AvgIpc) is 2.63. The first-order valence-corrected chi connectivity index (χ1v) is 8.64. The van der Waals surface area contributed by atoms with Crippen molar-refractivity contribution in [3.63, 3.8) is 0 Å². The molecular weight excluding hydrogens is 393 g/mol. The van der Waals surface area contributed by atoms with Gasteiger partial charge in [0.1, 0.15) is 0 Å². The van der Waals surface area contributed by atoms with Crippen molar-refractivity contribution in [3.05, 3.63) is 63.1 Å². The van der Waals surface area contributed by atoms with Gasteiger partial charge in [0.05, 0.1) is 19.1 Å². The molecule has 1 amide bonds. The number of hydrogen-bond acceptors (Lipinski definition) is 5. The van der Waals surface area contributed by atoms with Crippen LogP contribution in [0.25, 0.3) is 0 Å². The fourth-order valence-corrected chi connectivity index (χ4v) is 2.68. The minimum atomic E-state index is -0.602. The van der Waals surface area contributed by atoms with Crippen molar-refractivity contribution in [1.29, 1.82) is 0 Å². The predicted octanol–water partition coefficient (Wildman–Crippen LogP) is 3.81. The van der Waals surface area contributed by atoms with Crippen molar-refractivity contribution >= 4 is 46.7 Å². The Hall–Kier alpha value is -2.57. The zero-order valence-electron chi connectivity index (χ0n) is 14.7. The molecule has 142 valence electrons. The molecule has 2 aromatic rings. The summed E-state index contributed by atoms with van der Waals surface area (Å²) in [5.74, 6) is -1.65. The van der Waals surface area contributed by atoms with E-state index >= 15 is 0 Å². The van der Waals surface area contributed by atoms with E-state index in [-0.39, 0.29) is 6.42 Å². The molecule has 0 atom stereocenters. The van der Waals surface area contributed by atoms with Gasteiger partial charge in [0.2, 0.25) is 0 Å². The number of carbonyl (C=O) groups excluding carboxylic acids is 3. The number of ether oxygens (including phenoxy) is 2. The monoisotopic (exact) mass is 409 g/mol. The van der Waals surface area contributed by atoms with Gasteiger partial charge in [-0.3, -0.25) is 9.59 Å². The van der Waals surface area contributed by atoms with Gasteiger partial charge in [0.25, 0.3) is 5.91 Å². The second-order valence-electron chi connectivity index (χ2n) is 5.64. The van der Waals surface area contributed by atoms with Crippen LogP contribution in [0.3, 0.4) is 0 Å². The summed E-state index contributed by atoms with van der Waals surface area (Å²) < 4.78 is 9.62. The average molecular weight is 410 g/mol. The van der Waals surface area contributed by atoms with E-state index in [1.165, 1.54) is 19.2 Å². The Morgan fingerprint density at radius 1 is 1.07 bits per heavy atom. The highest BCUT2D eigenvalue weighted by Gasteiger charge is 2.13. The summed E-state index contributed by atoms with van der Waals surface area (Å²) in [7, 11) is 1.27. The molecule has 27 heavy (non-hydrogen) atoms. The van der Waals surface area contributed by atoms with Crippen molar-refractivity contribution in [3.8, 4) is 0 Å². The quantitative estimate of drug-likeness (QED) is 0.733. The van der Waals surface area contributed by atoms with E-state index < -0.39 is 24.5 Å². The Kier molecular flexibility index (Phi) is 7.21. The van der Waals surface area contributed by atoms with Gasteiger partial charge < -0.3 is 14.8 Å². The Morgan fingerprint density at radius 3 is 2.48 bits per heavy atom. The molecule has 1 N–H and O–H groups in total. The summed E-state index contributed by atoms with van der Waals surface area (Å²) in [5, 5.41) is 3.41. The van der Waals surface area contributed by atoms with Gasteiger partial charge in [-0.05, 0) is 42.3 Å².